The van der Waals surface area contributed by atoms with Gasteiger partial charge in [-0.2, -0.15) is 0 Å². The predicted octanol–water partition coefficient (Wildman–Crippen LogP) is 10.3. The number of cyclic esters (lactones) is 1. The molecule has 1 fully saturated rings. The van der Waals surface area contributed by atoms with Gasteiger partial charge in [-0.15, -0.1) is 11.6 Å². The van der Waals surface area contributed by atoms with Gasteiger partial charge < -0.3 is 19.9 Å². The number of fused-ring (bicyclic) bond motifs is 1. The number of hydrogen-bond donors (Lipinski definition) is 1. The number of ketones is 1. The molecule has 1 saturated heterocycles. The minimum atomic E-state index is -3.22. The topological polar surface area (TPSA) is 152 Å². The van der Waals surface area contributed by atoms with E-state index in [1.54, 1.807) is 24.5 Å². The van der Waals surface area contributed by atoms with E-state index >= 15 is 0 Å². The molecular formula is C36H37Cl4I2N4O7P. The monoisotopic (exact) mass is 1060 g/mol. The molecule has 5 aromatic rings. The number of rotatable bonds is 9. The van der Waals surface area contributed by atoms with E-state index in [2.05, 4.69) is 85.7 Å². The number of esters is 1. The van der Waals surface area contributed by atoms with Crippen LogP contribution < -0.4 is 20.8 Å². The van der Waals surface area contributed by atoms with Crippen LogP contribution in [-0.2, 0) is 38.5 Å². The summed E-state index contributed by atoms with van der Waals surface area (Å²) in [6.45, 7) is 4.59. The number of Topliss-reactive ketones (excluding diaryl/α,β-unsaturated/α-hetero) is 1. The fourth-order valence-electron chi connectivity index (χ4n) is 4.64. The van der Waals surface area contributed by atoms with Crippen LogP contribution in [0.4, 0.5) is 5.82 Å². The van der Waals surface area contributed by atoms with Crippen LogP contribution in [0.3, 0.4) is 0 Å². The van der Waals surface area contributed by atoms with Gasteiger partial charge in [0.15, 0.2) is 23.0 Å². The second-order valence-corrected chi connectivity index (χ2v) is 18.0. The first-order valence-electron chi connectivity index (χ1n) is 15.9. The molecule has 11 nitrogen and oxygen atoms in total. The van der Waals surface area contributed by atoms with E-state index in [0.29, 0.717) is 72.8 Å². The molecule has 1 unspecified atom stereocenters. The third kappa shape index (κ3) is 17.4. The zero-order chi connectivity index (χ0) is 40.1. The van der Waals surface area contributed by atoms with Gasteiger partial charge in [-0.25, -0.2) is 9.97 Å². The molecule has 2 aromatic carbocycles. The van der Waals surface area contributed by atoms with Crippen molar-refractivity contribution in [3.8, 4) is 11.5 Å². The summed E-state index contributed by atoms with van der Waals surface area (Å²) in [5.41, 5.74) is 9.62. The van der Waals surface area contributed by atoms with Gasteiger partial charge in [0.05, 0.1) is 6.61 Å². The number of alkyl halides is 1. The Morgan fingerprint density at radius 2 is 1.46 bits per heavy atom. The number of benzene rings is 2. The van der Waals surface area contributed by atoms with Gasteiger partial charge in [0.25, 0.3) is 5.56 Å². The second kappa shape index (κ2) is 25.5. The molecule has 290 valence electrons. The molecule has 2 N–H and O–H groups in total. The molecule has 1 aliphatic heterocycles. The second-order valence-electron chi connectivity index (χ2n) is 10.9. The minimum Gasteiger partial charge on any atom is -0.485 e. The van der Waals surface area contributed by atoms with Crippen LogP contribution >= 0.6 is 87.8 Å². The van der Waals surface area contributed by atoms with E-state index < -0.39 is 11.1 Å². The van der Waals surface area contributed by atoms with Gasteiger partial charge in [-0.1, -0.05) is 60.7 Å². The number of hydrogen-bond acceptors (Lipinski definition) is 10. The first-order chi connectivity index (χ1) is 25.8. The number of nitrogens with two attached hydrogens (primary N) is 1. The highest BCUT2D eigenvalue weighted by molar-refractivity contribution is 15.0. The van der Waals surface area contributed by atoms with Crippen molar-refractivity contribution in [2.24, 2.45) is 5.92 Å². The third-order valence-corrected chi connectivity index (χ3v) is 7.35. The number of ether oxygens (including phenoxy) is 3. The first kappa shape index (κ1) is 47.5. The summed E-state index contributed by atoms with van der Waals surface area (Å²) in [5, 5.41) is -3.22. The average molecular weight is 1060 g/mol. The minimum absolute atomic E-state index is 0.0849. The predicted molar refractivity (Wildman–Crippen MR) is 234 cm³/mol. The normalized spacial score (nSPS) is 12.9. The number of aryl methyl sites for hydroxylation is 1. The number of aromatic nitrogens is 3. The number of anilines is 1. The van der Waals surface area contributed by atoms with Crippen LogP contribution in [0.5, 0.6) is 11.5 Å². The number of halogens is 6. The highest BCUT2D eigenvalue weighted by atomic mass is 128. The summed E-state index contributed by atoms with van der Waals surface area (Å²) in [5.74, 6) is 1.13. The lowest BCUT2D eigenvalue weighted by Crippen LogP contribution is -2.22. The number of nitrogen functional groups attached to an aromatic ring is 1. The lowest BCUT2D eigenvalue weighted by atomic mass is 10.1. The van der Waals surface area contributed by atoms with Crippen molar-refractivity contribution in [3.63, 3.8) is 0 Å². The number of carbonyl (C=O) groups excluding carboxylic acids is 2. The Bertz CT molecular complexity index is 2020. The molecule has 0 amide bonds. The standard InChI is InChI=1S/C18H17ClN2O2.C12H12N2O.C6H8O3.Cl3OP.I2/c1-13-15(9-10-19)18(22)21-11-5-8-16(17(21)20-13)23-12-14-6-3-2-4-7-14;13-12-11(7-4-8-14-12)15-9-10-5-2-1-3-6-10;1-4(7)5-2-3-9-6(5)8;1-5(2,3)4;1-2/h2-8,11H,9-10,12H2,1H3;1-8H,9H2,(H2,13,14);5H,2-3H2,1H3;;. The molecule has 1 atom stereocenters. The number of nitrogens with zero attached hydrogens (tertiary/aromatic N) is 3. The smallest absolute Gasteiger partial charge is 0.339 e. The Morgan fingerprint density at radius 3 is 1.93 bits per heavy atom. The average Bonchev–Trinajstić information content (AvgIpc) is 3.60. The maximum absolute atomic E-state index is 12.6. The van der Waals surface area contributed by atoms with Crippen molar-refractivity contribution in [1.29, 1.82) is 0 Å². The van der Waals surface area contributed by atoms with Crippen LogP contribution in [0, 0.1) is 12.8 Å². The summed E-state index contributed by atoms with van der Waals surface area (Å²) in [6.07, 6.45) is 4.42. The fourth-order valence-corrected chi connectivity index (χ4v) is 4.82. The van der Waals surface area contributed by atoms with Crippen LogP contribution in [0.25, 0.3) is 5.65 Å². The SMILES string of the molecule is CC(=O)C1CCOC1=O.Cc1nc2c(OCc3ccccc3)cccn2c(=O)c1CCCl.II.Nc1ncccc1OCc1ccccc1.O=P(Cl)(Cl)Cl. The summed E-state index contributed by atoms with van der Waals surface area (Å²) in [4.78, 5) is 42.2. The van der Waals surface area contributed by atoms with Crippen LogP contribution in [0.2, 0.25) is 0 Å². The highest BCUT2D eigenvalue weighted by Gasteiger charge is 2.30. The van der Waals surface area contributed by atoms with Gasteiger partial charge in [0, 0.05) is 73.2 Å². The Morgan fingerprint density at radius 1 is 0.926 bits per heavy atom. The Labute approximate surface area is 356 Å². The molecule has 4 heterocycles. The summed E-state index contributed by atoms with van der Waals surface area (Å²) in [7, 11) is 0. The van der Waals surface area contributed by atoms with Crippen molar-refractivity contribution >= 4 is 111 Å². The molecule has 54 heavy (non-hydrogen) atoms. The first-order valence-corrected chi connectivity index (χ1v) is 27.1. The summed E-state index contributed by atoms with van der Waals surface area (Å²) in [6, 6.07) is 27.1. The van der Waals surface area contributed by atoms with Gasteiger partial charge in [-0.3, -0.25) is 23.3 Å². The van der Waals surface area contributed by atoms with E-state index in [1.165, 1.54) is 11.3 Å². The molecule has 1 aliphatic rings. The Kier molecular flexibility index (Phi) is 22.4. The molecule has 3 aromatic heterocycles. The zero-order valence-electron chi connectivity index (χ0n) is 29.0. The molecule has 6 rings (SSSR count). The molecule has 0 spiro atoms. The third-order valence-electron chi connectivity index (χ3n) is 7.16. The van der Waals surface area contributed by atoms with Gasteiger partial charge >= 0.3 is 11.2 Å². The molecular weight excluding hydrogens is 1030 g/mol. The molecule has 0 bridgehead atoms. The maximum Gasteiger partial charge on any atom is 0.339 e. The maximum atomic E-state index is 12.6. The van der Waals surface area contributed by atoms with Crippen molar-refractivity contribution < 1.29 is 28.4 Å². The van der Waals surface area contributed by atoms with E-state index in [1.807, 2.05) is 79.7 Å². The van der Waals surface area contributed by atoms with Crippen LogP contribution in [0.15, 0.2) is 102 Å². The summed E-state index contributed by atoms with van der Waals surface area (Å²) >= 11 is 23.9. The lowest BCUT2D eigenvalue weighted by Gasteiger charge is -2.11. The quantitative estimate of drug-likeness (QED) is 0.0496. The van der Waals surface area contributed by atoms with Gasteiger partial charge in [0.2, 0.25) is 0 Å². The van der Waals surface area contributed by atoms with Gasteiger partial charge in [0.1, 0.15) is 24.9 Å². The largest absolute Gasteiger partial charge is 0.485 e. The number of carbonyl (C=O) groups is 2. The van der Waals surface area contributed by atoms with Crippen molar-refractivity contribution in [3.05, 3.63) is 130 Å². The van der Waals surface area contributed by atoms with Gasteiger partial charge in [-0.05, 0) is 89.4 Å². The van der Waals surface area contributed by atoms with Crippen LogP contribution in [0.1, 0.15) is 35.7 Å². The zero-order valence-corrected chi connectivity index (χ0v) is 37.3. The molecule has 0 saturated carbocycles. The van der Waals surface area contributed by atoms with E-state index in [4.69, 9.17) is 26.8 Å². The summed E-state index contributed by atoms with van der Waals surface area (Å²) < 4.78 is 27.0. The highest BCUT2D eigenvalue weighted by Crippen LogP contribution is 2.61. The van der Waals surface area contributed by atoms with E-state index in [9.17, 15) is 18.9 Å². The van der Waals surface area contributed by atoms with Crippen molar-refractivity contribution in [1.82, 2.24) is 14.4 Å². The van der Waals surface area contributed by atoms with E-state index in [-0.39, 0.29) is 17.3 Å². The van der Waals surface area contributed by atoms with Crippen molar-refractivity contribution in [2.45, 2.75) is 39.9 Å². The Balaban J connectivity index is 0.000000278. The van der Waals surface area contributed by atoms with Crippen LogP contribution in [-0.4, -0.2) is 38.6 Å². The Hall–Kier alpha value is -2.66. The molecule has 18 heteroatoms. The number of pyridine rings is 2. The lowest BCUT2D eigenvalue weighted by molar-refractivity contribution is -0.144. The molecule has 0 radical (unpaired) electrons. The van der Waals surface area contributed by atoms with Crippen molar-refractivity contribution in [2.75, 3.05) is 18.2 Å². The molecule has 0 aliphatic carbocycles. The van der Waals surface area contributed by atoms with E-state index in [0.717, 1.165) is 11.1 Å². The fraction of sp³-hybridized carbons (Fsp3) is 0.250.